The van der Waals surface area contributed by atoms with E-state index in [9.17, 15) is 9.59 Å². The Balaban J connectivity index is 1.44. The van der Waals surface area contributed by atoms with Crippen molar-refractivity contribution in [3.8, 4) is 0 Å². The molecule has 2 amide bonds. The molecular formula is C26H29N3O3S. The summed E-state index contributed by atoms with van der Waals surface area (Å²) >= 11 is 1.62. The van der Waals surface area contributed by atoms with Gasteiger partial charge in [0.15, 0.2) is 0 Å². The second kappa shape index (κ2) is 10.3. The highest BCUT2D eigenvalue weighted by Crippen LogP contribution is 2.29. The molecule has 1 saturated heterocycles. The molecule has 1 aromatic heterocycles. The van der Waals surface area contributed by atoms with Crippen LogP contribution in [0.15, 0.2) is 57.9 Å². The lowest BCUT2D eigenvalue weighted by Crippen LogP contribution is -2.37. The van der Waals surface area contributed by atoms with Crippen LogP contribution in [-0.4, -0.2) is 52.9 Å². The van der Waals surface area contributed by atoms with Crippen molar-refractivity contribution in [3.63, 3.8) is 0 Å². The summed E-state index contributed by atoms with van der Waals surface area (Å²) in [7, 11) is 0. The van der Waals surface area contributed by atoms with Gasteiger partial charge in [0.25, 0.3) is 11.8 Å². The number of nitrogens with zero attached hydrogens (tertiary/aromatic N) is 3. The Kier molecular flexibility index (Phi) is 7.18. The van der Waals surface area contributed by atoms with Gasteiger partial charge in [-0.2, -0.15) is 0 Å². The largest absolute Gasteiger partial charge is 0.361 e. The van der Waals surface area contributed by atoms with E-state index in [0.717, 1.165) is 33.9 Å². The lowest BCUT2D eigenvalue weighted by molar-refractivity contribution is 0.0717. The summed E-state index contributed by atoms with van der Waals surface area (Å²) < 4.78 is 5.27. The zero-order valence-electron chi connectivity index (χ0n) is 19.3. The Morgan fingerprint density at radius 2 is 1.67 bits per heavy atom. The number of benzene rings is 2. The molecule has 1 fully saturated rings. The summed E-state index contributed by atoms with van der Waals surface area (Å²) in [5, 5.41) is 4.02. The maximum atomic E-state index is 13.4. The quantitative estimate of drug-likeness (QED) is 0.505. The van der Waals surface area contributed by atoms with Crippen molar-refractivity contribution in [1.82, 2.24) is 15.0 Å². The van der Waals surface area contributed by atoms with Crippen molar-refractivity contribution in [2.45, 2.75) is 37.8 Å². The van der Waals surface area contributed by atoms with Gasteiger partial charge in [-0.15, -0.1) is 11.8 Å². The van der Waals surface area contributed by atoms with Gasteiger partial charge in [0.2, 0.25) is 0 Å². The molecule has 0 N–H and O–H groups in total. The van der Waals surface area contributed by atoms with Crippen molar-refractivity contribution in [2.75, 3.05) is 26.2 Å². The van der Waals surface area contributed by atoms with E-state index >= 15 is 0 Å². The first-order valence-electron chi connectivity index (χ1n) is 11.2. The Hall–Kier alpha value is -3.06. The van der Waals surface area contributed by atoms with Gasteiger partial charge in [0.1, 0.15) is 5.76 Å². The van der Waals surface area contributed by atoms with Gasteiger partial charge in [0, 0.05) is 48.0 Å². The van der Waals surface area contributed by atoms with Crippen LogP contribution in [0, 0.1) is 20.8 Å². The fraction of sp³-hybridized carbons (Fsp3) is 0.346. The third-order valence-electron chi connectivity index (χ3n) is 6.01. The zero-order valence-corrected chi connectivity index (χ0v) is 20.2. The number of carbonyl (C=O) groups excluding carboxylic acids is 2. The summed E-state index contributed by atoms with van der Waals surface area (Å²) in [6.07, 6.45) is 0.762. The SMILES string of the molecule is Cc1cccc(C(=O)N2CCCN(C(=O)c3ccccc3SCc3c(C)noc3C)CC2)c1. The van der Waals surface area contributed by atoms with Crippen molar-refractivity contribution in [1.29, 1.82) is 0 Å². The fourth-order valence-corrected chi connectivity index (χ4v) is 5.28. The highest BCUT2D eigenvalue weighted by atomic mass is 32.2. The number of rotatable bonds is 5. The number of hydrogen-bond acceptors (Lipinski definition) is 5. The van der Waals surface area contributed by atoms with Gasteiger partial charge in [-0.3, -0.25) is 9.59 Å². The van der Waals surface area contributed by atoms with Gasteiger partial charge in [-0.25, -0.2) is 0 Å². The maximum absolute atomic E-state index is 13.4. The molecule has 1 aliphatic heterocycles. The molecular weight excluding hydrogens is 434 g/mol. The van der Waals surface area contributed by atoms with E-state index in [1.807, 2.05) is 79.1 Å². The van der Waals surface area contributed by atoms with Gasteiger partial charge in [-0.1, -0.05) is 35.0 Å². The summed E-state index contributed by atoms with van der Waals surface area (Å²) in [4.78, 5) is 31.1. The molecule has 0 bridgehead atoms. The van der Waals surface area contributed by atoms with Crippen molar-refractivity contribution in [3.05, 3.63) is 82.2 Å². The standard InChI is InChI=1S/C26H29N3O3S/c1-18-8-6-9-21(16-18)25(30)28-12-7-13-29(15-14-28)26(31)22-10-4-5-11-24(22)33-17-23-19(2)27-32-20(23)3/h4-6,8-11,16H,7,12-15,17H2,1-3H3. The summed E-state index contributed by atoms with van der Waals surface area (Å²) in [6.45, 7) is 8.18. The van der Waals surface area contributed by atoms with E-state index in [0.29, 0.717) is 43.1 Å². The van der Waals surface area contributed by atoms with Crippen LogP contribution in [0.5, 0.6) is 0 Å². The van der Waals surface area contributed by atoms with E-state index in [-0.39, 0.29) is 11.8 Å². The molecule has 172 valence electrons. The topological polar surface area (TPSA) is 66.7 Å². The van der Waals surface area contributed by atoms with Crippen LogP contribution in [0.1, 0.15) is 49.7 Å². The van der Waals surface area contributed by atoms with Crippen LogP contribution >= 0.6 is 11.8 Å². The third kappa shape index (κ3) is 5.30. The van der Waals surface area contributed by atoms with E-state index in [1.54, 1.807) is 11.8 Å². The van der Waals surface area contributed by atoms with Crippen LogP contribution in [-0.2, 0) is 5.75 Å². The Bertz CT molecular complexity index is 1140. The number of thioether (sulfide) groups is 1. The number of carbonyl (C=O) groups is 2. The summed E-state index contributed by atoms with van der Waals surface area (Å²) in [5.41, 5.74) is 4.43. The summed E-state index contributed by atoms with van der Waals surface area (Å²) in [5.74, 6) is 1.56. The number of hydrogen-bond donors (Lipinski definition) is 0. The minimum atomic E-state index is 0.0155. The van der Waals surface area contributed by atoms with E-state index in [1.165, 1.54) is 0 Å². The molecule has 0 unspecified atom stereocenters. The predicted octanol–water partition coefficient (Wildman–Crippen LogP) is 4.88. The fourth-order valence-electron chi connectivity index (χ4n) is 4.08. The number of aromatic nitrogens is 1. The Morgan fingerprint density at radius 1 is 0.939 bits per heavy atom. The number of amides is 2. The molecule has 0 atom stereocenters. The average molecular weight is 464 g/mol. The predicted molar refractivity (Wildman–Crippen MR) is 130 cm³/mol. The van der Waals surface area contributed by atoms with Crippen molar-refractivity contribution in [2.24, 2.45) is 0 Å². The highest BCUT2D eigenvalue weighted by molar-refractivity contribution is 7.98. The van der Waals surface area contributed by atoms with Crippen molar-refractivity contribution >= 4 is 23.6 Å². The third-order valence-corrected chi connectivity index (χ3v) is 7.11. The van der Waals surface area contributed by atoms with Gasteiger partial charge in [0.05, 0.1) is 11.3 Å². The second-order valence-corrected chi connectivity index (χ2v) is 9.41. The van der Waals surface area contributed by atoms with Gasteiger partial charge < -0.3 is 14.3 Å². The summed E-state index contributed by atoms with van der Waals surface area (Å²) in [6, 6.07) is 15.4. The molecule has 2 heterocycles. The van der Waals surface area contributed by atoms with Gasteiger partial charge >= 0.3 is 0 Å². The van der Waals surface area contributed by atoms with Crippen LogP contribution in [0.4, 0.5) is 0 Å². The molecule has 1 aliphatic rings. The molecule has 0 saturated carbocycles. The smallest absolute Gasteiger partial charge is 0.255 e. The van der Waals surface area contributed by atoms with Crippen LogP contribution < -0.4 is 0 Å². The lowest BCUT2D eigenvalue weighted by atomic mass is 10.1. The zero-order chi connectivity index (χ0) is 23.4. The molecule has 3 aromatic rings. The maximum Gasteiger partial charge on any atom is 0.255 e. The molecule has 0 spiro atoms. The molecule has 7 heteroatoms. The molecule has 6 nitrogen and oxygen atoms in total. The molecule has 33 heavy (non-hydrogen) atoms. The molecule has 2 aromatic carbocycles. The minimum Gasteiger partial charge on any atom is -0.361 e. The Labute approximate surface area is 198 Å². The van der Waals surface area contributed by atoms with E-state index in [2.05, 4.69) is 5.16 Å². The molecule has 4 rings (SSSR count). The monoisotopic (exact) mass is 463 g/mol. The van der Waals surface area contributed by atoms with Crippen LogP contribution in [0.2, 0.25) is 0 Å². The average Bonchev–Trinajstić information content (AvgIpc) is 3.01. The molecule has 0 aliphatic carbocycles. The first kappa shape index (κ1) is 23.1. The van der Waals surface area contributed by atoms with E-state index in [4.69, 9.17) is 4.52 Å². The molecule has 0 radical (unpaired) electrons. The normalized spacial score (nSPS) is 14.3. The second-order valence-electron chi connectivity index (χ2n) is 8.39. The first-order chi connectivity index (χ1) is 15.9. The van der Waals surface area contributed by atoms with Crippen LogP contribution in [0.3, 0.4) is 0 Å². The first-order valence-corrected chi connectivity index (χ1v) is 12.2. The van der Waals surface area contributed by atoms with Gasteiger partial charge in [-0.05, 0) is 51.5 Å². The van der Waals surface area contributed by atoms with E-state index < -0.39 is 0 Å². The number of aryl methyl sites for hydroxylation is 3. The van der Waals surface area contributed by atoms with Crippen molar-refractivity contribution < 1.29 is 14.1 Å². The lowest BCUT2D eigenvalue weighted by Gasteiger charge is -2.23. The van der Waals surface area contributed by atoms with Crippen LogP contribution in [0.25, 0.3) is 0 Å². The highest BCUT2D eigenvalue weighted by Gasteiger charge is 2.25. The minimum absolute atomic E-state index is 0.0155. The Morgan fingerprint density at radius 3 is 2.36 bits per heavy atom.